The molecule has 0 aromatic heterocycles. The second-order valence-electron chi connectivity index (χ2n) is 4.85. The molecule has 0 saturated carbocycles. The molecule has 1 aliphatic heterocycles. The first kappa shape index (κ1) is 16.9. The van der Waals surface area contributed by atoms with Gasteiger partial charge in [0.05, 0.1) is 6.04 Å². The van der Waals surface area contributed by atoms with Gasteiger partial charge in [-0.05, 0) is 43.0 Å². The molecule has 4 nitrogen and oxygen atoms in total. The lowest BCUT2D eigenvalue weighted by Crippen LogP contribution is -2.47. The maximum Gasteiger partial charge on any atom is 0.243 e. The Morgan fingerprint density at radius 2 is 1.90 bits per heavy atom. The lowest BCUT2D eigenvalue weighted by Gasteiger charge is -2.29. The summed E-state index contributed by atoms with van der Waals surface area (Å²) in [5.74, 6) is -0.305. The van der Waals surface area contributed by atoms with E-state index in [0.29, 0.717) is 18.9 Å². The van der Waals surface area contributed by atoms with Gasteiger partial charge < -0.3 is 15.4 Å². The third kappa shape index (κ3) is 3.91. The Morgan fingerprint density at radius 1 is 1.35 bits per heavy atom. The first-order valence-electron chi connectivity index (χ1n) is 6.46. The van der Waals surface area contributed by atoms with Crippen molar-refractivity contribution in [2.24, 2.45) is 11.7 Å². The number of nitrogens with zero attached hydrogens (tertiary/aromatic N) is 1. The van der Waals surface area contributed by atoms with Gasteiger partial charge in [-0.2, -0.15) is 0 Å². The van der Waals surface area contributed by atoms with Crippen LogP contribution in [0.1, 0.15) is 12.8 Å². The predicted octanol–water partition coefficient (Wildman–Crippen LogP) is 1.96. The fraction of sp³-hybridized carbons (Fsp3) is 0.500. The summed E-state index contributed by atoms with van der Waals surface area (Å²) < 4.78 is 18.1. The quantitative estimate of drug-likeness (QED) is 0.928. The van der Waals surface area contributed by atoms with Crippen LogP contribution in [0.3, 0.4) is 0 Å². The number of benzene rings is 1. The Bertz CT molecular complexity index is 435. The number of nitrogens with two attached hydrogens (primary N) is 1. The zero-order chi connectivity index (χ0) is 13.8. The second kappa shape index (κ2) is 7.57. The average molecular weight is 303 g/mol. The first-order chi connectivity index (χ1) is 9.09. The van der Waals surface area contributed by atoms with Crippen molar-refractivity contribution in [2.45, 2.75) is 18.9 Å². The minimum absolute atomic E-state index is 0. The molecule has 1 unspecified atom stereocenters. The van der Waals surface area contributed by atoms with E-state index >= 15 is 0 Å². The zero-order valence-electron chi connectivity index (χ0n) is 11.4. The molecule has 1 aromatic carbocycles. The fourth-order valence-corrected chi connectivity index (χ4v) is 2.29. The zero-order valence-corrected chi connectivity index (χ0v) is 12.2. The molecule has 2 rings (SSSR count). The van der Waals surface area contributed by atoms with E-state index in [1.54, 1.807) is 19.2 Å². The summed E-state index contributed by atoms with van der Waals surface area (Å²) >= 11 is 0. The van der Waals surface area contributed by atoms with E-state index in [1.165, 1.54) is 17.0 Å². The highest BCUT2D eigenvalue weighted by Gasteiger charge is 2.29. The maximum atomic E-state index is 12.9. The van der Waals surface area contributed by atoms with Gasteiger partial charge in [0.25, 0.3) is 0 Å². The summed E-state index contributed by atoms with van der Waals surface area (Å²) in [7, 11) is 1.66. The minimum atomic E-state index is -0.529. The Balaban J connectivity index is 0.00000200. The van der Waals surface area contributed by atoms with E-state index in [2.05, 4.69) is 0 Å². The highest BCUT2D eigenvalue weighted by atomic mass is 35.5. The van der Waals surface area contributed by atoms with Gasteiger partial charge in [0, 0.05) is 25.9 Å². The van der Waals surface area contributed by atoms with Gasteiger partial charge in [-0.25, -0.2) is 4.39 Å². The number of hydrogen-bond donors (Lipinski definition) is 1. The van der Waals surface area contributed by atoms with Crippen LogP contribution in [-0.2, 0) is 9.53 Å². The number of anilines is 1. The number of carbonyl (C=O) groups excluding carboxylic acids is 1. The van der Waals surface area contributed by atoms with Crippen molar-refractivity contribution >= 4 is 24.0 Å². The largest absolute Gasteiger partial charge is 0.381 e. The smallest absolute Gasteiger partial charge is 0.243 e. The Morgan fingerprint density at radius 3 is 2.45 bits per heavy atom. The number of rotatable bonds is 3. The number of hydrogen-bond acceptors (Lipinski definition) is 3. The number of halogens is 2. The molecule has 112 valence electrons. The second-order valence-corrected chi connectivity index (χ2v) is 4.85. The van der Waals surface area contributed by atoms with E-state index in [0.717, 1.165) is 12.8 Å². The summed E-state index contributed by atoms with van der Waals surface area (Å²) in [6, 6.07) is 5.28. The Hall–Kier alpha value is -1.17. The third-order valence-electron chi connectivity index (χ3n) is 3.60. The molecule has 0 bridgehead atoms. The van der Waals surface area contributed by atoms with Gasteiger partial charge in [-0.15, -0.1) is 12.4 Å². The van der Waals surface area contributed by atoms with Crippen LogP contribution in [0, 0.1) is 11.7 Å². The topological polar surface area (TPSA) is 55.6 Å². The summed E-state index contributed by atoms with van der Waals surface area (Å²) in [6.45, 7) is 1.32. The molecule has 1 saturated heterocycles. The van der Waals surface area contributed by atoms with E-state index in [4.69, 9.17) is 10.5 Å². The van der Waals surface area contributed by atoms with Crippen molar-refractivity contribution in [1.82, 2.24) is 0 Å². The summed E-state index contributed by atoms with van der Waals surface area (Å²) in [6.07, 6.45) is 1.62. The van der Waals surface area contributed by atoms with Gasteiger partial charge in [0.15, 0.2) is 0 Å². The molecule has 1 amide bonds. The van der Waals surface area contributed by atoms with E-state index in [1.807, 2.05) is 0 Å². The average Bonchev–Trinajstić information content (AvgIpc) is 2.46. The number of likely N-dealkylation sites (N-methyl/N-ethyl adjacent to an activating group) is 1. The molecular formula is C14H20ClFN2O2. The molecule has 1 atom stereocenters. The van der Waals surface area contributed by atoms with Crippen molar-refractivity contribution in [3.05, 3.63) is 30.1 Å². The van der Waals surface area contributed by atoms with E-state index < -0.39 is 6.04 Å². The van der Waals surface area contributed by atoms with Crippen molar-refractivity contribution in [3.63, 3.8) is 0 Å². The fourth-order valence-electron chi connectivity index (χ4n) is 2.29. The maximum absolute atomic E-state index is 12.9. The molecule has 1 heterocycles. The Labute approximate surface area is 124 Å². The van der Waals surface area contributed by atoms with Crippen molar-refractivity contribution in [3.8, 4) is 0 Å². The van der Waals surface area contributed by atoms with Crippen LogP contribution in [-0.4, -0.2) is 32.2 Å². The molecule has 1 aromatic rings. The van der Waals surface area contributed by atoms with Crippen molar-refractivity contribution < 1.29 is 13.9 Å². The normalized spacial score (nSPS) is 17.1. The summed E-state index contributed by atoms with van der Waals surface area (Å²) in [5, 5.41) is 0. The van der Waals surface area contributed by atoms with Gasteiger partial charge in [-0.1, -0.05) is 0 Å². The van der Waals surface area contributed by atoms with Crippen LogP contribution in [0.25, 0.3) is 0 Å². The van der Waals surface area contributed by atoms with Gasteiger partial charge >= 0.3 is 0 Å². The molecule has 2 N–H and O–H groups in total. The third-order valence-corrected chi connectivity index (χ3v) is 3.60. The van der Waals surface area contributed by atoms with E-state index in [9.17, 15) is 9.18 Å². The highest BCUT2D eigenvalue weighted by molar-refractivity contribution is 5.96. The molecule has 0 radical (unpaired) electrons. The van der Waals surface area contributed by atoms with Crippen LogP contribution in [0.2, 0.25) is 0 Å². The predicted molar refractivity (Wildman–Crippen MR) is 78.6 cm³/mol. The highest BCUT2D eigenvalue weighted by Crippen LogP contribution is 2.21. The molecule has 1 fully saturated rings. The van der Waals surface area contributed by atoms with Crippen LogP contribution in [0.4, 0.5) is 10.1 Å². The van der Waals surface area contributed by atoms with Gasteiger partial charge in [0.1, 0.15) is 5.82 Å². The van der Waals surface area contributed by atoms with Gasteiger partial charge in [-0.3, -0.25) is 4.79 Å². The molecule has 0 spiro atoms. The lowest BCUT2D eigenvalue weighted by atomic mass is 9.91. The molecule has 20 heavy (non-hydrogen) atoms. The summed E-state index contributed by atoms with van der Waals surface area (Å²) in [5.41, 5.74) is 6.69. The van der Waals surface area contributed by atoms with Crippen LogP contribution in [0.5, 0.6) is 0 Å². The summed E-state index contributed by atoms with van der Waals surface area (Å²) in [4.78, 5) is 13.8. The monoisotopic (exact) mass is 302 g/mol. The minimum Gasteiger partial charge on any atom is -0.381 e. The van der Waals surface area contributed by atoms with E-state index in [-0.39, 0.29) is 30.0 Å². The van der Waals surface area contributed by atoms with Crippen LogP contribution in [0.15, 0.2) is 24.3 Å². The number of ether oxygens (including phenoxy) is 1. The SMILES string of the molecule is CN(C(=O)C(N)C1CCOCC1)c1ccc(F)cc1.Cl. The van der Waals surface area contributed by atoms with Crippen molar-refractivity contribution in [2.75, 3.05) is 25.2 Å². The van der Waals surface area contributed by atoms with Crippen LogP contribution < -0.4 is 10.6 Å². The Kier molecular flexibility index (Phi) is 6.39. The molecule has 0 aliphatic carbocycles. The standard InChI is InChI=1S/C14H19FN2O2.ClH/c1-17(12-4-2-11(15)3-5-12)14(18)13(16)10-6-8-19-9-7-10;/h2-5,10,13H,6-9,16H2,1H3;1H. The molecular weight excluding hydrogens is 283 g/mol. The van der Waals surface area contributed by atoms with Crippen molar-refractivity contribution in [1.29, 1.82) is 0 Å². The lowest BCUT2D eigenvalue weighted by molar-refractivity contribution is -0.121. The van der Waals surface area contributed by atoms with Gasteiger partial charge in [0.2, 0.25) is 5.91 Å². The van der Waals surface area contributed by atoms with Crippen LogP contribution >= 0.6 is 12.4 Å². The molecule has 6 heteroatoms. The first-order valence-corrected chi connectivity index (χ1v) is 6.46. The number of carbonyl (C=O) groups is 1. The molecule has 1 aliphatic rings. The number of amides is 1.